The van der Waals surface area contributed by atoms with Crippen molar-refractivity contribution in [3.05, 3.63) is 60.0 Å². The van der Waals surface area contributed by atoms with E-state index in [9.17, 15) is 4.79 Å². The topological polar surface area (TPSA) is 68.5 Å². The maximum atomic E-state index is 12.7. The van der Waals surface area contributed by atoms with Crippen molar-refractivity contribution in [3.63, 3.8) is 0 Å². The van der Waals surface area contributed by atoms with Gasteiger partial charge in [0.25, 0.3) is 0 Å². The third-order valence-electron chi connectivity index (χ3n) is 4.89. The van der Waals surface area contributed by atoms with Gasteiger partial charge >= 0.3 is 0 Å². The smallest absolute Gasteiger partial charge is 0.227 e. The lowest BCUT2D eigenvalue weighted by Crippen LogP contribution is -2.38. The Morgan fingerprint density at radius 3 is 2.71 bits per heavy atom. The summed E-state index contributed by atoms with van der Waals surface area (Å²) in [4.78, 5) is 18.9. The Kier molecular flexibility index (Phi) is 5.10. The number of carbonyl (C=O) groups excluding carboxylic acids is 1. The predicted octanol–water partition coefficient (Wildman–Crippen LogP) is 4.22. The van der Waals surface area contributed by atoms with Crippen LogP contribution < -0.4 is 9.64 Å². The van der Waals surface area contributed by atoms with Gasteiger partial charge in [0.2, 0.25) is 17.6 Å². The first-order valence-electron chi connectivity index (χ1n) is 9.57. The number of anilines is 1. The monoisotopic (exact) mass is 377 g/mol. The summed E-state index contributed by atoms with van der Waals surface area (Å²) in [7, 11) is 0. The van der Waals surface area contributed by atoms with Crippen molar-refractivity contribution in [2.45, 2.75) is 32.6 Å². The van der Waals surface area contributed by atoms with Gasteiger partial charge in [0, 0.05) is 18.4 Å². The zero-order valence-electron chi connectivity index (χ0n) is 16.1. The fourth-order valence-corrected chi connectivity index (χ4v) is 3.27. The van der Waals surface area contributed by atoms with Gasteiger partial charge in [0.1, 0.15) is 12.4 Å². The number of nitrogens with zero attached hydrogens (tertiary/aromatic N) is 3. The summed E-state index contributed by atoms with van der Waals surface area (Å²) in [6, 6.07) is 15.7. The summed E-state index contributed by atoms with van der Waals surface area (Å²) in [5.74, 6) is 2.27. The maximum absolute atomic E-state index is 12.7. The number of benzene rings is 2. The third kappa shape index (κ3) is 3.76. The molecule has 0 bridgehead atoms. The maximum Gasteiger partial charge on any atom is 0.227 e. The molecular formula is C22H23N3O3. The van der Waals surface area contributed by atoms with Crippen molar-refractivity contribution >= 4 is 11.6 Å². The summed E-state index contributed by atoms with van der Waals surface area (Å²) < 4.78 is 11.0. The van der Waals surface area contributed by atoms with Crippen LogP contribution in [0.15, 0.2) is 53.1 Å². The van der Waals surface area contributed by atoms with Crippen LogP contribution in [-0.4, -0.2) is 29.2 Å². The minimum absolute atomic E-state index is 0.0248. The zero-order valence-corrected chi connectivity index (χ0v) is 16.1. The Bertz CT molecular complexity index is 963. The van der Waals surface area contributed by atoms with Crippen LogP contribution in [0.2, 0.25) is 0 Å². The summed E-state index contributed by atoms with van der Waals surface area (Å²) in [6.45, 7) is 5.36. The highest BCUT2D eigenvalue weighted by Crippen LogP contribution is 2.31. The second-order valence-corrected chi connectivity index (χ2v) is 7.15. The van der Waals surface area contributed by atoms with Crippen LogP contribution in [0, 0.1) is 0 Å². The molecule has 28 heavy (non-hydrogen) atoms. The van der Waals surface area contributed by atoms with Gasteiger partial charge in [-0.25, -0.2) is 0 Å². The van der Waals surface area contributed by atoms with Gasteiger partial charge < -0.3 is 14.2 Å². The molecule has 2 aromatic carbocycles. The number of amides is 1. The highest BCUT2D eigenvalue weighted by Gasteiger charge is 2.23. The van der Waals surface area contributed by atoms with Crippen molar-refractivity contribution < 1.29 is 14.1 Å². The molecule has 0 aliphatic carbocycles. The summed E-state index contributed by atoms with van der Waals surface area (Å²) in [5, 5.41) is 4.06. The number of para-hydroxylation sites is 2. The number of aryl methyl sites for hydroxylation is 1. The van der Waals surface area contributed by atoms with Crippen molar-refractivity contribution in [2.24, 2.45) is 0 Å². The number of rotatable bonds is 5. The standard InChI is InChI=1S/C22H23N3O3/c1-15(2)16-7-9-17(10-8-16)22-23-20(28-24-22)11-12-21(26)25-13-14-27-19-6-4-3-5-18(19)25/h3-10,15H,11-14H2,1-2H3. The fraction of sp³-hybridized carbons (Fsp3) is 0.318. The first-order valence-corrected chi connectivity index (χ1v) is 9.57. The number of ether oxygens (including phenoxy) is 1. The second kappa shape index (κ2) is 7.84. The molecule has 1 amide bonds. The first kappa shape index (κ1) is 18.2. The average molecular weight is 377 g/mol. The van der Waals surface area contributed by atoms with E-state index in [4.69, 9.17) is 9.26 Å². The minimum Gasteiger partial charge on any atom is -0.490 e. The number of fused-ring (bicyclic) bond motifs is 1. The van der Waals surface area contributed by atoms with E-state index >= 15 is 0 Å². The minimum atomic E-state index is 0.0248. The molecule has 6 heteroatoms. The van der Waals surface area contributed by atoms with E-state index in [0.29, 0.717) is 43.6 Å². The van der Waals surface area contributed by atoms with Gasteiger partial charge in [0.05, 0.1) is 12.2 Å². The molecule has 0 saturated heterocycles. The van der Waals surface area contributed by atoms with E-state index in [1.54, 1.807) is 4.90 Å². The molecular weight excluding hydrogens is 354 g/mol. The van der Waals surface area contributed by atoms with Crippen LogP contribution in [0.25, 0.3) is 11.4 Å². The summed E-state index contributed by atoms with van der Waals surface area (Å²) in [6.07, 6.45) is 0.720. The number of hydrogen-bond acceptors (Lipinski definition) is 5. The number of aromatic nitrogens is 2. The lowest BCUT2D eigenvalue weighted by molar-refractivity contribution is -0.118. The normalized spacial score (nSPS) is 13.3. The fourth-order valence-electron chi connectivity index (χ4n) is 3.27. The molecule has 0 atom stereocenters. The average Bonchev–Trinajstić information content (AvgIpc) is 3.20. The first-order chi connectivity index (χ1) is 13.6. The van der Waals surface area contributed by atoms with Gasteiger partial charge in [0.15, 0.2) is 0 Å². The SMILES string of the molecule is CC(C)c1ccc(-c2noc(CCC(=O)N3CCOc4ccccc43)n2)cc1. The quantitative estimate of drug-likeness (QED) is 0.666. The van der Waals surface area contributed by atoms with Gasteiger partial charge in [-0.15, -0.1) is 0 Å². The molecule has 1 aliphatic rings. The van der Waals surface area contributed by atoms with Crippen molar-refractivity contribution in [3.8, 4) is 17.1 Å². The molecule has 0 radical (unpaired) electrons. The molecule has 0 N–H and O–H groups in total. The van der Waals surface area contributed by atoms with Crippen LogP contribution in [0.4, 0.5) is 5.69 Å². The van der Waals surface area contributed by atoms with Crippen molar-refractivity contribution in [1.29, 1.82) is 0 Å². The summed E-state index contributed by atoms with van der Waals surface area (Å²) >= 11 is 0. The van der Waals surface area contributed by atoms with Crippen LogP contribution in [0.5, 0.6) is 5.75 Å². The Labute approximate surface area is 164 Å². The Balaban J connectivity index is 1.40. The molecule has 1 aromatic heterocycles. The number of hydrogen-bond donors (Lipinski definition) is 0. The van der Waals surface area contributed by atoms with E-state index < -0.39 is 0 Å². The molecule has 0 unspecified atom stereocenters. The van der Waals surface area contributed by atoms with Crippen molar-refractivity contribution in [2.75, 3.05) is 18.1 Å². The van der Waals surface area contributed by atoms with Crippen LogP contribution in [0.3, 0.4) is 0 Å². The molecule has 0 fully saturated rings. The molecule has 4 rings (SSSR count). The van der Waals surface area contributed by atoms with Gasteiger partial charge in [-0.3, -0.25) is 4.79 Å². The Morgan fingerprint density at radius 1 is 1.14 bits per heavy atom. The van der Waals surface area contributed by atoms with Gasteiger partial charge in [-0.1, -0.05) is 55.4 Å². The summed E-state index contributed by atoms with van der Waals surface area (Å²) in [5.41, 5.74) is 2.99. The number of carbonyl (C=O) groups is 1. The van der Waals surface area contributed by atoms with Crippen LogP contribution in [-0.2, 0) is 11.2 Å². The lowest BCUT2D eigenvalue weighted by Gasteiger charge is -2.29. The van der Waals surface area contributed by atoms with Crippen molar-refractivity contribution in [1.82, 2.24) is 10.1 Å². The molecule has 2 heterocycles. The van der Waals surface area contributed by atoms with E-state index in [1.807, 2.05) is 36.4 Å². The van der Waals surface area contributed by atoms with E-state index in [-0.39, 0.29) is 5.91 Å². The molecule has 0 spiro atoms. The van der Waals surface area contributed by atoms with Gasteiger partial charge in [-0.2, -0.15) is 4.98 Å². The van der Waals surface area contributed by atoms with Gasteiger partial charge in [-0.05, 0) is 23.6 Å². The van der Waals surface area contributed by atoms with E-state index in [2.05, 4.69) is 36.1 Å². The lowest BCUT2D eigenvalue weighted by atomic mass is 10.0. The van der Waals surface area contributed by atoms with E-state index in [0.717, 1.165) is 17.0 Å². The largest absolute Gasteiger partial charge is 0.490 e. The predicted molar refractivity (Wildman–Crippen MR) is 106 cm³/mol. The Hall–Kier alpha value is -3.15. The molecule has 3 aromatic rings. The molecule has 1 aliphatic heterocycles. The third-order valence-corrected chi connectivity index (χ3v) is 4.89. The second-order valence-electron chi connectivity index (χ2n) is 7.15. The molecule has 0 saturated carbocycles. The highest BCUT2D eigenvalue weighted by molar-refractivity contribution is 5.95. The molecule has 144 valence electrons. The zero-order chi connectivity index (χ0) is 19.5. The molecule has 6 nitrogen and oxygen atoms in total. The highest BCUT2D eigenvalue weighted by atomic mass is 16.5. The Morgan fingerprint density at radius 2 is 1.93 bits per heavy atom. The van der Waals surface area contributed by atoms with E-state index in [1.165, 1.54) is 5.56 Å². The van der Waals surface area contributed by atoms with Crippen LogP contribution >= 0.6 is 0 Å². The van der Waals surface area contributed by atoms with Crippen LogP contribution in [0.1, 0.15) is 37.6 Å².